The minimum absolute atomic E-state index is 0.147. The van der Waals surface area contributed by atoms with Crippen molar-refractivity contribution in [2.45, 2.75) is 0 Å². The predicted octanol–water partition coefficient (Wildman–Crippen LogP) is 7.09. The minimum atomic E-state index is -0.566. The third-order valence-corrected chi connectivity index (χ3v) is 6.96. The van der Waals surface area contributed by atoms with E-state index in [-0.39, 0.29) is 69.0 Å². The van der Waals surface area contributed by atoms with E-state index in [1.54, 1.807) is 24.3 Å². The van der Waals surface area contributed by atoms with E-state index in [9.17, 15) is 59.6 Å². The van der Waals surface area contributed by atoms with Gasteiger partial charge in [0.2, 0.25) is 23.6 Å². The number of carbonyl (C=O) groups excluding carboxylic acids is 4. The largest absolute Gasteiger partial charge is 0.319 e. The van der Waals surface area contributed by atoms with Gasteiger partial charge in [-0.3, -0.25) is 59.6 Å². The monoisotopic (exact) mass is 856 g/mol. The molecule has 4 aromatic carbocycles. The first-order chi connectivity index (χ1) is 26.6. The second-order valence-corrected chi connectivity index (χ2v) is 10.9. The number of para-hydroxylation sites is 8. The lowest BCUT2D eigenvalue weighted by Crippen LogP contribution is -2.13. The molecule has 0 aliphatic heterocycles. The van der Waals surface area contributed by atoms with Crippen molar-refractivity contribution in [2.75, 3.05) is 44.8 Å². The maximum absolute atomic E-state index is 10.9. The van der Waals surface area contributed by atoms with Gasteiger partial charge in [-0.25, -0.2) is 0 Å². The Labute approximate surface area is 335 Å². The molecule has 0 aliphatic rings. The molecule has 4 amide bonds. The van der Waals surface area contributed by atoms with E-state index < -0.39 is 43.3 Å². The van der Waals surface area contributed by atoms with Gasteiger partial charge in [0.25, 0.3) is 22.7 Å². The standard InChI is InChI=1S/4C8H7ClN2O3/c4*9-5-8(12)10-6-3-1-2-4-7(6)11(13)14/h4*1-4H,5H2,(H,10,12). The number of amides is 4. The van der Waals surface area contributed by atoms with Gasteiger partial charge in [0.1, 0.15) is 46.3 Å². The average molecular weight is 858 g/mol. The fourth-order valence-electron chi connectivity index (χ4n) is 3.69. The molecule has 24 heteroatoms. The first-order valence-corrected chi connectivity index (χ1v) is 17.1. The number of nitro benzene ring substituents is 4. The Morgan fingerprint density at radius 2 is 0.536 bits per heavy atom. The molecule has 0 aliphatic carbocycles. The molecule has 56 heavy (non-hydrogen) atoms. The number of nitrogens with zero attached hydrogens (tertiary/aromatic N) is 4. The molecule has 0 heterocycles. The maximum atomic E-state index is 10.9. The van der Waals surface area contributed by atoms with Gasteiger partial charge in [-0.05, 0) is 24.3 Å². The van der Waals surface area contributed by atoms with Gasteiger partial charge in [0, 0.05) is 24.3 Å². The molecule has 296 valence electrons. The van der Waals surface area contributed by atoms with Crippen molar-refractivity contribution < 1.29 is 38.9 Å². The fraction of sp³-hybridized carbons (Fsp3) is 0.125. The summed E-state index contributed by atoms with van der Waals surface area (Å²) >= 11 is 21.0. The van der Waals surface area contributed by atoms with Crippen LogP contribution in [0.4, 0.5) is 45.5 Å². The summed E-state index contributed by atoms with van der Waals surface area (Å²) in [7, 11) is 0. The van der Waals surface area contributed by atoms with Crippen molar-refractivity contribution in [1.82, 2.24) is 0 Å². The van der Waals surface area contributed by atoms with E-state index >= 15 is 0 Å². The molecule has 0 aromatic heterocycles. The quantitative estimate of drug-likeness (QED) is 0.0631. The number of hydrogen-bond acceptors (Lipinski definition) is 12. The molecule has 0 atom stereocenters. The Hall–Kier alpha value is -6.48. The molecule has 4 rings (SSSR count). The van der Waals surface area contributed by atoms with E-state index in [0.717, 1.165) is 0 Å². The van der Waals surface area contributed by atoms with Crippen molar-refractivity contribution in [1.29, 1.82) is 0 Å². The Balaban J connectivity index is 0.000000373. The van der Waals surface area contributed by atoms with E-state index in [2.05, 4.69) is 21.3 Å². The van der Waals surface area contributed by atoms with Crippen LogP contribution in [0.25, 0.3) is 0 Å². The van der Waals surface area contributed by atoms with Crippen LogP contribution in [0.5, 0.6) is 0 Å². The summed E-state index contributed by atoms with van der Waals surface area (Å²) in [5.41, 5.74) is 0.0338. The van der Waals surface area contributed by atoms with E-state index in [1.165, 1.54) is 72.8 Å². The van der Waals surface area contributed by atoms with Gasteiger partial charge < -0.3 is 21.3 Å². The Morgan fingerprint density at radius 1 is 0.375 bits per heavy atom. The van der Waals surface area contributed by atoms with Crippen LogP contribution in [0.15, 0.2) is 97.1 Å². The molecule has 0 bridgehead atoms. The molecule has 20 nitrogen and oxygen atoms in total. The number of alkyl halides is 4. The van der Waals surface area contributed by atoms with Crippen LogP contribution < -0.4 is 21.3 Å². The van der Waals surface area contributed by atoms with Gasteiger partial charge in [-0.2, -0.15) is 0 Å². The number of nitro groups is 4. The molecule has 0 saturated heterocycles. The summed E-state index contributed by atoms with van der Waals surface area (Å²) in [6.45, 7) is 0. The van der Waals surface area contributed by atoms with E-state index in [0.29, 0.717) is 0 Å². The van der Waals surface area contributed by atoms with Gasteiger partial charge in [-0.15, -0.1) is 46.4 Å². The fourth-order valence-corrected chi connectivity index (χ4v) is 3.96. The van der Waals surface area contributed by atoms with Crippen molar-refractivity contribution in [3.8, 4) is 0 Å². The maximum Gasteiger partial charge on any atom is 0.292 e. The third kappa shape index (κ3) is 17.1. The van der Waals surface area contributed by atoms with Gasteiger partial charge in [-0.1, -0.05) is 48.5 Å². The highest BCUT2D eigenvalue weighted by molar-refractivity contribution is 6.30. The topological polar surface area (TPSA) is 289 Å². The lowest BCUT2D eigenvalue weighted by molar-refractivity contribution is -0.384. The van der Waals surface area contributed by atoms with Gasteiger partial charge in [0.15, 0.2) is 0 Å². The Bertz CT molecular complexity index is 1760. The van der Waals surface area contributed by atoms with Crippen molar-refractivity contribution in [3.63, 3.8) is 0 Å². The highest BCUT2D eigenvalue weighted by atomic mass is 35.5. The summed E-state index contributed by atoms with van der Waals surface area (Å²) < 4.78 is 0. The van der Waals surface area contributed by atoms with Gasteiger partial charge in [0.05, 0.1) is 19.7 Å². The van der Waals surface area contributed by atoms with Gasteiger partial charge >= 0.3 is 0 Å². The molecular formula is C32H28Cl4N8O12. The number of benzene rings is 4. The van der Waals surface area contributed by atoms with Crippen LogP contribution in [-0.4, -0.2) is 66.8 Å². The number of carbonyl (C=O) groups is 4. The SMILES string of the molecule is O=C(CCl)Nc1ccccc1[N+](=O)[O-].O=C(CCl)Nc1ccccc1[N+](=O)[O-].O=C(CCl)Nc1ccccc1[N+](=O)[O-].O=C(CCl)Nc1ccccc1[N+](=O)[O-]. The Morgan fingerprint density at radius 3 is 0.679 bits per heavy atom. The summed E-state index contributed by atoms with van der Waals surface area (Å²) in [5, 5.41) is 51.4. The molecule has 4 N–H and O–H groups in total. The lowest BCUT2D eigenvalue weighted by Gasteiger charge is -2.02. The zero-order valence-corrected chi connectivity index (χ0v) is 31.3. The number of rotatable bonds is 12. The van der Waals surface area contributed by atoms with Crippen LogP contribution >= 0.6 is 46.4 Å². The van der Waals surface area contributed by atoms with Crippen molar-refractivity contribution >= 4 is 116 Å². The minimum Gasteiger partial charge on any atom is -0.319 e. The van der Waals surface area contributed by atoms with Crippen LogP contribution in [0.1, 0.15) is 0 Å². The zero-order valence-electron chi connectivity index (χ0n) is 28.3. The number of nitrogens with one attached hydrogen (secondary N) is 4. The molecule has 4 aromatic rings. The molecule has 0 saturated carbocycles. The smallest absolute Gasteiger partial charge is 0.292 e. The number of anilines is 4. The Kier molecular flexibility index (Phi) is 21.7. The second-order valence-electron chi connectivity index (χ2n) is 9.82. The first kappa shape index (κ1) is 47.5. The summed E-state index contributed by atoms with van der Waals surface area (Å²) in [4.78, 5) is 83.4. The zero-order chi connectivity index (χ0) is 42.2. The van der Waals surface area contributed by atoms with Crippen molar-refractivity contribution in [3.05, 3.63) is 138 Å². The highest BCUT2D eigenvalue weighted by Crippen LogP contribution is 2.25. The second kappa shape index (κ2) is 25.5. The molecule has 0 fully saturated rings. The highest BCUT2D eigenvalue weighted by Gasteiger charge is 2.16. The van der Waals surface area contributed by atoms with Crippen LogP contribution in [0.2, 0.25) is 0 Å². The normalized spacial score (nSPS) is 9.50. The molecule has 0 spiro atoms. The molecule has 0 unspecified atom stereocenters. The van der Waals surface area contributed by atoms with Crippen LogP contribution in [0, 0.1) is 40.5 Å². The lowest BCUT2D eigenvalue weighted by atomic mass is 10.2. The number of hydrogen-bond donors (Lipinski definition) is 4. The summed E-state index contributed by atoms with van der Waals surface area (Å²) in [6.07, 6.45) is 0. The summed E-state index contributed by atoms with van der Waals surface area (Å²) in [5.74, 6) is -2.81. The summed E-state index contributed by atoms with van der Waals surface area (Å²) in [6, 6.07) is 23.5. The van der Waals surface area contributed by atoms with Crippen LogP contribution in [0.3, 0.4) is 0 Å². The van der Waals surface area contributed by atoms with E-state index in [1.807, 2.05) is 0 Å². The molecule has 0 radical (unpaired) electrons. The average Bonchev–Trinajstić information content (AvgIpc) is 3.18. The number of halogens is 4. The van der Waals surface area contributed by atoms with Crippen molar-refractivity contribution in [2.24, 2.45) is 0 Å². The predicted molar refractivity (Wildman–Crippen MR) is 210 cm³/mol. The molecular weight excluding hydrogens is 830 g/mol. The first-order valence-electron chi connectivity index (χ1n) is 15.0. The third-order valence-electron chi connectivity index (χ3n) is 5.98. The van der Waals surface area contributed by atoms with Crippen LogP contribution in [-0.2, 0) is 19.2 Å². The van der Waals surface area contributed by atoms with E-state index in [4.69, 9.17) is 46.4 Å².